The molecular weight excluding hydrogens is 364 g/mol. The maximum Gasteiger partial charge on any atom is 0.410 e. The molecule has 0 saturated heterocycles. The number of ether oxygens (including phenoxy) is 1. The highest BCUT2D eigenvalue weighted by Crippen LogP contribution is 2.20. The van der Waals surface area contributed by atoms with Gasteiger partial charge in [-0.25, -0.2) is 4.79 Å². The van der Waals surface area contributed by atoms with Crippen molar-refractivity contribution >= 4 is 11.8 Å². The van der Waals surface area contributed by atoms with Crippen LogP contribution in [0.5, 0.6) is 0 Å². The van der Waals surface area contributed by atoms with Gasteiger partial charge >= 0.3 is 6.09 Å². The summed E-state index contributed by atoms with van der Waals surface area (Å²) in [6.45, 7) is 12.2. The summed E-state index contributed by atoms with van der Waals surface area (Å²) in [6.07, 6.45) is -1.21. The van der Waals surface area contributed by atoms with E-state index in [4.69, 9.17) is 4.74 Å². The van der Waals surface area contributed by atoms with Crippen LogP contribution in [0.15, 0.2) is 54.6 Å². The number of amides is 1. The monoisotopic (exact) mass is 398 g/mol. The molecule has 0 aliphatic heterocycles. The summed E-state index contributed by atoms with van der Waals surface area (Å²) in [6, 6.07) is 17.6. The molecule has 1 unspecified atom stereocenters. The van der Waals surface area contributed by atoms with Gasteiger partial charge in [0.25, 0.3) is 0 Å². The number of nitrogens with zero attached hydrogens (tertiary/aromatic N) is 2. The fourth-order valence-corrected chi connectivity index (χ4v) is 3.14. The topological polar surface area (TPSA) is 53.0 Å². The quantitative estimate of drug-likeness (QED) is 0.680. The van der Waals surface area contributed by atoms with Gasteiger partial charge in [0.05, 0.1) is 12.6 Å². The maximum absolute atomic E-state index is 12.8. The first-order valence-electron chi connectivity index (χ1n) is 10.3. The Hall–Kier alpha value is -2.53. The van der Waals surface area contributed by atoms with Gasteiger partial charge in [0.1, 0.15) is 5.60 Å². The summed E-state index contributed by atoms with van der Waals surface area (Å²) < 4.78 is 5.57. The largest absolute Gasteiger partial charge is 0.444 e. The first kappa shape index (κ1) is 22.8. The van der Waals surface area contributed by atoms with Crippen LogP contribution in [0.1, 0.15) is 51.8 Å². The molecule has 1 amide bonds. The molecule has 0 saturated carbocycles. The second-order valence-corrected chi connectivity index (χ2v) is 8.13. The van der Waals surface area contributed by atoms with E-state index in [1.165, 1.54) is 0 Å². The van der Waals surface area contributed by atoms with Crippen molar-refractivity contribution in [3.8, 4) is 0 Å². The molecular formula is C24H34N2O3. The zero-order valence-electron chi connectivity index (χ0n) is 18.3. The lowest BCUT2D eigenvalue weighted by molar-refractivity contribution is 0.0124. The number of hydrogen-bond donors (Lipinski definition) is 1. The summed E-state index contributed by atoms with van der Waals surface area (Å²) in [7, 11) is 0. The minimum atomic E-state index is -0.779. The van der Waals surface area contributed by atoms with Crippen LogP contribution in [0, 0.1) is 0 Å². The standard InChI is InChI=1S/C24H34N2O3/c1-6-25(7-2)21-15-13-19(14-16-21)17-26(23(28)29-24(3,4)5)18-22(27)20-11-9-8-10-12-20/h8-16,22,27H,6-7,17-18H2,1-5H3. The smallest absolute Gasteiger partial charge is 0.410 e. The fourth-order valence-electron chi connectivity index (χ4n) is 3.14. The van der Waals surface area contributed by atoms with Crippen molar-refractivity contribution in [1.29, 1.82) is 0 Å². The highest BCUT2D eigenvalue weighted by atomic mass is 16.6. The van der Waals surface area contributed by atoms with Gasteiger partial charge in [0, 0.05) is 25.3 Å². The number of benzene rings is 2. The Morgan fingerprint density at radius 1 is 1.00 bits per heavy atom. The molecule has 1 atom stereocenters. The van der Waals surface area contributed by atoms with Crippen LogP contribution >= 0.6 is 0 Å². The molecule has 0 fully saturated rings. The SMILES string of the molecule is CCN(CC)c1ccc(CN(CC(O)c2ccccc2)C(=O)OC(C)(C)C)cc1. The Labute approximate surface area is 174 Å². The molecule has 0 aliphatic rings. The van der Waals surface area contributed by atoms with Crippen molar-refractivity contribution in [1.82, 2.24) is 4.90 Å². The molecule has 0 spiro atoms. The number of rotatable bonds is 8. The van der Waals surface area contributed by atoms with E-state index in [1.807, 2.05) is 63.2 Å². The number of hydrogen-bond acceptors (Lipinski definition) is 4. The zero-order valence-corrected chi connectivity index (χ0v) is 18.3. The highest BCUT2D eigenvalue weighted by Gasteiger charge is 2.25. The molecule has 2 aromatic carbocycles. The van der Waals surface area contributed by atoms with E-state index in [9.17, 15) is 9.90 Å². The van der Waals surface area contributed by atoms with E-state index in [-0.39, 0.29) is 6.54 Å². The van der Waals surface area contributed by atoms with Gasteiger partial charge < -0.3 is 19.6 Å². The minimum absolute atomic E-state index is 0.163. The van der Waals surface area contributed by atoms with Crippen LogP contribution in [0.2, 0.25) is 0 Å². The van der Waals surface area contributed by atoms with Crippen LogP contribution in [0.4, 0.5) is 10.5 Å². The third-order valence-electron chi connectivity index (χ3n) is 4.67. The van der Waals surface area contributed by atoms with Crippen LogP contribution in [0.25, 0.3) is 0 Å². The molecule has 1 N–H and O–H groups in total. The van der Waals surface area contributed by atoms with Crippen molar-refractivity contribution in [2.24, 2.45) is 0 Å². The normalized spacial score (nSPS) is 12.3. The van der Waals surface area contributed by atoms with Crippen LogP contribution in [-0.4, -0.2) is 41.3 Å². The molecule has 5 heteroatoms. The molecule has 2 rings (SSSR count). The first-order valence-corrected chi connectivity index (χ1v) is 10.3. The zero-order chi connectivity index (χ0) is 21.4. The Bertz CT molecular complexity index is 750. The molecule has 0 radical (unpaired) electrons. The fraction of sp³-hybridized carbons (Fsp3) is 0.458. The van der Waals surface area contributed by atoms with Crippen molar-refractivity contribution in [3.05, 3.63) is 65.7 Å². The highest BCUT2D eigenvalue weighted by molar-refractivity contribution is 5.68. The van der Waals surface area contributed by atoms with Crippen LogP contribution in [0.3, 0.4) is 0 Å². The molecule has 5 nitrogen and oxygen atoms in total. The molecule has 0 aromatic heterocycles. The van der Waals surface area contributed by atoms with Crippen molar-refractivity contribution in [3.63, 3.8) is 0 Å². The van der Waals surface area contributed by atoms with Gasteiger partial charge in [-0.2, -0.15) is 0 Å². The third-order valence-corrected chi connectivity index (χ3v) is 4.67. The lowest BCUT2D eigenvalue weighted by atomic mass is 10.1. The summed E-state index contributed by atoms with van der Waals surface area (Å²) in [5.41, 5.74) is 2.33. The number of anilines is 1. The number of carbonyl (C=O) groups excluding carboxylic acids is 1. The predicted octanol–water partition coefficient (Wildman–Crippen LogP) is 5.00. The van der Waals surface area contributed by atoms with Gasteiger partial charge in [0.2, 0.25) is 0 Å². The van der Waals surface area contributed by atoms with Crippen molar-refractivity contribution < 1.29 is 14.6 Å². The number of carbonyl (C=O) groups is 1. The third kappa shape index (κ3) is 7.09. The molecule has 0 bridgehead atoms. The summed E-state index contributed by atoms with van der Waals surface area (Å²) in [5.74, 6) is 0. The Balaban J connectivity index is 2.17. The minimum Gasteiger partial charge on any atom is -0.444 e. The van der Waals surface area contributed by atoms with Crippen molar-refractivity contribution in [2.75, 3.05) is 24.5 Å². The Kier molecular flexibility index (Phi) is 8.09. The van der Waals surface area contributed by atoms with Crippen molar-refractivity contribution in [2.45, 2.75) is 52.9 Å². The van der Waals surface area contributed by atoms with E-state index in [0.717, 1.165) is 29.9 Å². The van der Waals surface area contributed by atoms with Crippen LogP contribution in [-0.2, 0) is 11.3 Å². The van der Waals surface area contributed by atoms with Gasteiger partial charge in [-0.15, -0.1) is 0 Å². The average Bonchev–Trinajstić information content (AvgIpc) is 2.69. The summed E-state index contributed by atoms with van der Waals surface area (Å²) in [5, 5.41) is 10.6. The van der Waals surface area contributed by atoms with Gasteiger partial charge in [-0.3, -0.25) is 0 Å². The molecule has 0 aliphatic carbocycles. The Morgan fingerprint density at radius 3 is 2.10 bits per heavy atom. The molecule has 2 aromatic rings. The second kappa shape index (κ2) is 10.3. The maximum atomic E-state index is 12.8. The summed E-state index contributed by atoms with van der Waals surface area (Å²) >= 11 is 0. The van der Waals surface area contributed by atoms with Gasteiger partial charge in [-0.1, -0.05) is 42.5 Å². The molecule has 0 heterocycles. The molecule has 158 valence electrons. The number of aliphatic hydroxyl groups excluding tert-OH is 1. The Morgan fingerprint density at radius 2 is 1.59 bits per heavy atom. The van der Waals surface area contributed by atoms with E-state index < -0.39 is 17.8 Å². The van der Waals surface area contributed by atoms with Crippen LogP contribution < -0.4 is 4.90 Å². The van der Waals surface area contributed by atoms with E-state index in [1.54, 1.807) is 4.90 Å². The van der Waals surface area contributed by atoms with E-state index >= 15 is 0 Å². The first-order chi connectivity index (χ1) is 13.7. The van der Waals surface area contributed by atoms with E-state index in [2.05, 4.69) is 30.9 Å². The summed E-state index contributed by atoms with van der Waals surface area (Å²) in [4.78, 5) is 16.6. The number of aliphatic hydroxyl groups is 1. The lowest BCUT2D eigenvalue weighted by Crippen LogP contribution is -2.38. The van der Waals surface area contributed by atoms with Gasteiger partial charge in [0.15, 0.2) is 0 Å². The van der Waals surface area contributed by atoms with E-state index in [0.29, 0.717) is 6.54 Å². The lowest BCUT2D eigenvalue weighted by Gasteiger charge is -2.29. The second-order valence-electron chi connectivity index (χ2n) is 8.13. The van der Waals surface area contributed by atoms with Gasteiger partial charge in [-0.05, 0) is 57.9 Å². The predicted molar refractivity (Wildman–Crippen MR) is 118 cm³/mol. The average molecular weight is 399 g/mol. The molecule has 29 heavy (non-hydrogen) atoms.